The van der Waals surface area contributed by atoms with Crippen LogP contribution in [0.2, 0.25) is 0 Å². The first-order chi connectivity index (χ1) is 17.6. The Bertz CT molecular complexity index is 1080. The lowest BCUT2D eigenvalue weighted by Crippen LogP contribution is -2.58. The van der Waals surface area contributed by atoms with Crippen molar-refractivity contribution in [2.75, 3.05) is 6.61 Å². The van der Waals surface area contributed by atoms with E-state index in [1.54, 1.807) is 60.7 Å². The average Bonchev–Trinajstić information content (AvgIpc) is 2.87. The molecule has 0 spiro atoms. The van der Waals surface area contributed by atoms with Gasteiger partial charge in [-0.2, -0.15) is 0 Å². The van der Waals surface area contributed by atoms with E-state index in [2.05, 4.69) is 16.0 Å². The molecule has 0 fully saturated rings. The van der Waals surface area contributed by atoms with Crippen LogP contribution in [0.5, 0.6) is 0 Å². The Hall–Kier alpha value is -4.29. The van der Waals surface area contributed by atoms with Crippen LogP contribution < -0.4 is 21.7 Å². The Balaban J connectivity index is 2.04. The quantitative estimate of drug-likeness (QED) is 0.161. The second-order valence-corrected chi connectivity index (χ2v) is 8.29. The minimum atomic E-state index is -1.67. The fourth-order valence-electron chi connectivity index (χ4n) is 3.41. The lowest BCUT2D eigenvalue weighted by Gasteiger charge is -2.23. The van der Waals surface area contributed by atoms with E-state index in [0.29, 0.717) is 5.56 Å². The second kappa shape index (κ2) is 14.3. The lowest BCUT2D eigenvalue weighted by molar-refractivity contribution is -0.143. The number of nitrogens with one attached hydrogen (secondary N) is 3. The lowest BCUT2D eigenvalue weighted by atomic mass is 10.0. The summed E-state index contributed by atoms with van der Waals surface area (Å²) < 4.78 is 0. The van der Waals surface area contributed by atoms with Crippen LogP contribution in [0, 0.1) is 0 Å². The maximum atomic E-state index is 12.7. The van der Waals surface area contributed by atoms with Crippen LogP contribution in [-0.2, 0) is 36.8 Å². The van der Waals surface area contributed by atoms with Gasteiger partial charge >= 0.3 is 11.9 Å². The van der Waals surface area contributed by atoms with Crippen molar-refractivity contribution >= 4 is 29.7 Å². The molecule has 12 nitrogen and oxygen atoms in total. The molecule has 3 amide bonds. The van der Waals surface area contributed by atoms with Gasteiger partial charge in [0.2, 0.25) is 17.7 Å². The first kappa shape index (κ1) is 28.9. The number of aliphatic hydroxyl groups is 1. The van der Waals surface area contributed by atoms with Gasteiger partial charge < -0.3 is 37.0 Å². The third-order valence-electron chi connectivity index (χ3n) is 5.36. The van der Waals surface area contributed by atoms with E-state index in [9.17, 15) is 39.3 Å². The summed E-state index contributed by atoms with van der Waals surface area (Å²) in [6.45, 7) is -0.858. The Morgan fingerprint density at radius 1 is 0.676 bits per heavy atom. The van der Waals surface area contributed by atoms with Gasteiger partial charge in [0.05, 0.1) is 19.1 Å². The number of carbonyl (C=O) groups excluding carboxylic acids is 3. The molecule has 0 aliphatic heterocycles. The fraction of sp³-hybridized carbons (Fsp3) is 0.320. The molecule has 2 aromatic rings. The zero-order valence-corrected chi connectivity index (χ0v) is 19.9. The molecule has 37 heavy (non-hydrogen) atoms. The molecule has 0 radical (unpaired) electrons. The van der Waals surface area contributed by atoms with Crippen LogP contribution in [0.3, 0.4) is 0 Å². The predicted molar refractivity (Wildman–Crippen MR) is 131 cm³/mol. The van der Waals surface area contributed by atoms with Gasteiger partial charge in [0.25, 0.3) is 0 Å². The molecule has 0 bridgehead atoms. The van der Waals surface area contributed by atoms with Crippen LogP contribution in [0.4, 0.5) is 0 Å². The van der Waals surface area contributed by atoms with E-state index >= 15 is 0 Å². The maximum absolute atomic E-state index is 12.7. The number of rotatable bonds is 14. The maximum Gasteiger partial charge on any atom is 0.326 e. The molecular weight excluding hydrogens is 484 g/mol. The highest BCUT2D eigenvalue weighted by atomic mass is 16.4. The molecule has 2 rings (SSSR count). The summed E-state index contributed by atoms with van der Waals surface area (Å²) in [7, 11) is 0. The van der Waals surface area contributed by atoms with Crippen LogP contribution in [0.1, 0.15) is 17.5 Å². The molecule has 2 aromatic carbocycles. The van der Waals surface area contributed by atoms with Crippen molar-refractivity contribution in [1.82, 2.24) is 16.0 Å². The van der Waals surface area contributed by atoms with Crippen molar-refractivity contribution in [2.24, 2.45) is 5.73 Å². The third-order valence-corrected chi connectivity index (χ3v) is 5.36. The van der Waals surface area contributed by atoms with Gasteiger partial charge in [-0.25, -0.2) is 4.79 Å². The summed E-state index contributed by atoms with van der Waals surface area (Å²) in [6.07, 6.45) is -0.784. The number of carboxylic acid groups (broad SMARTS) is 2. The molecule has 198 valence electrons. The summed E-state index contributed by atoms with van der Waals surface area (Å²) in [5, 5.41) is 35.0. The SMILES string of the molecule is NC(Cc1ccccc1)C(=O)NC(CO)C(=O)NC(CC(=O)O)C(=O)NC(Cc1ccccc1)C(=O)O. The third kappa shape index (κ3) is 9.70. The highest BCUT2D eigenvalue weighted by Crippen LogP contribution is 2.06. The Morgan fingerprint density at radius 2 is 1.14 bits per heavy atom. The first-order valence-corrected chi connectivity index (χ1v) is 11.4. The first-order valence-electron chi connectivity index (χ1n) is 11.4. The summed E-state index contributed by atoms with van der Waals surface area (Å²) in [5.41, 5.74) is 7.28. The second-order valence-electron chi connectivity index (χ2n) is 8.29. The number of carbonyl (C=O) groups is 5. The monoisotopic (exact) mass is 514 g/mol. The number of benzene rings is 2. The number of nitrogens with two attached hydrogens (primary N) is 1. The van der Waals surface area contributed by atoms with Crippen molar-refractivity contribution in [1.29, 1.82) is 0 Å². The summed E-state index contributed by atoms with van der Waals surface area (Å²) in [4.78, 5) is 60.8. The minimum Gasteiger partial charge on any atom is -0.481 e. The average molecular weight is 515 g/mol. The van der Waals surface area contributed by atoms with Crippen molar-refractivity contribution in [2.45, 2.75) is 43.4 Å². The van der Waals surface area contributed by atoms with Gasteiger partial charge in [-0.05, 0) is 17.5 Å². The molecular formula is C25H30N4O8. The van der Waals surface area contributed by atoms with Gasteiger partial charge in [0, 0.05) is 6.42 Å². The van der Waals surface area contributed by atoms with Gasteiger partial charge in [-0.15, -0.1) is 0 Å². The van der Waals surface area contributed by atoms with E-state index in [1.165, 1.54) is 0 Å². The van der Waals surface area contributed by atoms with Crippen LogP contribution in [0.15, 0.2) is 60.7 Å². The van der Waals surface area contributed by atoms with E-state index in [1.807, 2.05) is 0 Å². The zero-order chi connectivity index (χ0) is 27.4. The van der Waals surface area contributed by atoms with Crippen LogP contribution >= 0.6 is 0 Å². The van der Waals surface area contributed by atoms with Crippen molar-refractivity contribution in [3.05, 3.63) is 71.8 Å². The van der Waals surface area contributed by atoms with Gasteiger partial charge in [-0.1, -0.05) is 60.7 Å². The smallest absolute Gasteiger partial charge is 0.326 e. The van der Waals surface area contributed by atoms with Gasteiger partial charge in [-0.3, -0.25) is 19.2 Å². The molecule has 8 N–H and O–H groups in total. The molecule has 0 heterocycles. The summed E-state index contributed by atoms with van der Waals surface area (Å²) in [6, 6.07) is 11.7. The summed E-state index contributed by atoms with van der Waals surface area (Å²) >= 11 is 0. The van der Waals surface area contributed by atoms with E-state index in [-0.39, 0.29) is 12.8 Å². The van der Waals surface area contributed by atoms with Crippen molar-refractivity contribution in [3.8, 4) is 0 Å². The number of aliphatic carboxylic acids is 2. The predicted octanol–water partition coefficient (Wildman–Crippen LogP) is -1.19. The largest absolute Gasteiger partial charge is 0.481 e. The van der Waals surface area contributed by atoms with Crippen molar-refractivity contribution < 1.29 is 39.3 Å². The fourth-order valence-corrected chi connectivity index (χ4v) is 3.41. The van der Waals surface area contributed by atoms with E-state index in [4.69, 9.17) is 5.73 Å². The Kier molecular flexibility index (Phi) is 11.2. The Labute approximate surface area is 212 Å². The van der Waals surface area contributed by atoms with Crippen LogP contribution in [-0.4, -0.2) is 75.8 Å². The molecule has 0 aliphatic carbocycles. The molecule has 4 unspecified atom stereocenters. The molecule has 0 aromatic heterocycles. The number of aliphatic hydroxyl groups excluding tert-OH is 1. The zero-order valence-electron chi connectivity index (χ0n) is 19.9. The van der Waals surface area contributed by atoms with E-state index in [0.717, 1.165) is 5.56 Å². The molecule has 0 saturated carbocycles. The van der Waals surface area contributed by atoms with Crippen LogP contribution in [0.25, 0.3) is 0 Å². The molecule has 0 aliphatic rings. The van der Waals surface area contributed by atoms with Gasteiger partial charge in [0.1, 0.15) is 18.1 Å². The summed E-state index contributed by atoms with van der Waals surface area (Å²) in [5.74, 6) is -5.64. The highest BCUT2D eigenvalue weighted by molar-refractivity contribution is 5.95. The molecule has 0 saturated heterocycles. The van der Waals surface area contributed by atoms with Crippen molar-refractivity contribution in [3.63, 3.8) is 0 Å². The van der Waals surface area contributed by atoms with E-state index < -0.39 is 66.9 Å². The number of hydrogen-bond donors (Lipinski definition) is 7. The van der Waals surface area contributed by atoms with Gasteiger partial charge in [0.15, 0.2) is 0 Å². The minimum absolute atomic E-state index is 0.0791. The number of carboxylic acids is 2. The topological polar surface area (TPSA) is 208 Å². The molecule has 12 heteroatoms. The highest BCUT2D eigenvalue weighted by Gasteiger charge is 2.31. The Morgan fingerprint density at radius 3 is 1.62 bits per heavy atom. The number of amides is 3. The normalized spacial score (nSPS) is 13.9. The number of hydrogen-bond acceptors (Lipinski definition) is 7. The molecule has 4 atom stereocenters. The standard InChI is InChI=1S/C25H30N4O8/c26-17(11-15-7-3-1-4-8-15)22(33)29-20(14-30)24(35)27-18(13-21(31)32)23(34)28-19(25(36)37)12-16-9-5-2-6-10-16/h1-10,17-20,30H,11-14,26H2,(H,27,35)(H,28,34)(H,29,33)(H,31,32)(H,36,37).